The molecule has 0 fully saturated rings. The van der Waals surface area contributed by atoms with Crippen molar-refractivity contribution < 1.29 is 29.2 Å². The summed E-state index contributed by atoms with van der Waals surface area (Å²) in [5.74, 6) is 0.658. The van der Waals surface area contributed by atoms with E-state index in [0.29, 0.717) is 30.3 Å². The Kier molecular flexibility index (Phi) is 9.28. The van der Waals surface area contributed by atoms with Gasteiger partial charge in [-0.3, -0.25) is 0 Å². The SMILES string of the molecule is CCOC(=O)NCC(O)CCOc1ccc(C2c3[nH]c4ccc(Cl)cc4c3CCN2C(O)OCC)cc1. The van der Waals surface area contributed by atoms with Gasteiger partial charge in [-0.15, -0.1) is 0 Å². The molecular formula is C27H34ClN3O6. The summed E-state index contributed by atoms with van der Waals surface area (Å²) in [4.78, 5) is 16.8. The number of aromatic amines is 1. The van der Waals surface area contributed by atoms with Crippen molar-refractivity contribution in [2.24, 2.45) is 0 Å². The maximum Gasteiger partial charge on any atom is 0.407 e. The number of rotatable bonds is 11. The van der Waals surface area contributed by atoms with Gasteiger partial charge in [-0.05, 0) is 61.7 Å². The van der Waals surface area contributed by atoms with Gasteiger partial charge in [-0.25, -0.2) is 9.69 Å². The lowest BCUT2D eigenvalue weighted by molar-refractivity contribution is -0.202. The maximum atomic E-state index is 11.3. The first-order valence-corrected chi connectivity index (χ1v) is 13.0. The van der Waals surface area contributed by atoms with E-state index in [1.807, 2.05) is 54.3 Å². The Balaban J connectivity index is 1.47. The average molecular weight is 532 g/mol. The van der Waals surface area contributed by atoms with Gasteiger partial charge in [0.1, 0.15) is 5.75 Å². The molecule has 0 saturated heterocycles. The van der Waals surface area contributed by atoms with Crippen LogP contribution in [0.5, 0.6) is 5.75 Å². The van der Waals surface area contributed by atoms with E-state index in [0.717, 1.165) is 28.6 Å². The summed E-state index contributed by atoms with van der Waals surface area (Å²) < 4.78 is 16.1. The second-order valence-electron chi connectivity index (χ2n) is 8.84. The van der Waals surface area contributed by atoms with Gasteiger partial charge in [0.15, 0.2) is 0 Å². The standard InChI is InChI=1S/C27H34ClN3O6/c1-3-35-26(33)29-16-19(32)12-14-37-20-8-5-17(6-9-20)25-24-21(11-13-31(25)27(34)36-4-2)22-15-18(28)7-10-23(22)30-24/h5-10,15,19,25,27,30,32,34H,3-4,11-14,16H2,1-2H3,(H,29,33). The van der Waals surface area contributed by atoms with Crippen molar-refractivity contribution in [1.82, 2.24) is 15.2 Å². The van der Waals surface area contributed by atoms with Gasteiger partial charge in [0.05, 0.1) is 25.4 Å². The number of ether oxygens (including phenoxy) is 3. The van der Waals surface area contributed by atoms with E-state index in [9.17, 15) is 15.0 Å². The van der Waals surface area contributed by atoms with Gasteiger partial charge in [0.25, 0.3) is 0 Å². The van der Waals surface area contributed by atoms with Crippen molar-refractivity contribution in [3.05, 3.63) is 64.3 Å². The Morgan fingerprint density at radius 1 is 1.19 bits per heavy atom. The number of H-pyrrole nitrogens is 1. The molecule has 4 N–H and O–H groups in total. The van der Waals surface area contributed by atoms with Gasteiger partial charge in [0, 0.05) is 47.7 Å². The lowest BCUT2D eigenvalue weighted by atomic mass is 9.92. The minimum Gasteiger partial charge on any atom is -0.493 e. The number of alkyl carbamates (subject to hydrolysis) is 1. The molecule has 1 amide bonds. The second-order valence-corrected chi connectivity index (χ2v) is 9.28. The number of halogens is 1. The molecule has 0 bridgehead atoms. The van der Waals surface area contributed by atoms with Crippen LogP contribution in [0.3, 0.4) is 0 Å². The summed E-state index contributed by atoms with van der Waals surface area (Å²) in [5.41, 5.74) is 4.17. The molecule has 3 aromatic rings. The summed E-state index contributed by atoms with van der Waals surface area (Å²) in [7, 11) is 0. The van der Waals surface area contributed by atoms with Gasteiger partial charge < -0.3 is 34.7 Å². The Morgan fingerprint density at radius 2 is 1.97 bits per heavy atom. The largest absolute Gasteiger partial charge is 0.493 e. The van der Waals surface area contributed by atoms with Gasteiger partial charge >= 0.3 is 6.09 Å². The Morgan fingerprint density at radius 3 is 2.70 bits per heavy atom. The van der Waals surface area contributed by atoms with Crippen molar-refractivity contribution in [2.75, 3.05) is 32.9 Å². The normalized spacial score (nSPS) is 17.3. The fourth-order valence-electron chi connectivity index (χ4n) is 4.66. The summed E-state index contributed by atoms with van der Waals surface area (Å²) in [5, 5.41) is 25.1. The predicted octanol–water partition coefficient (Wildman–Crippen LogP) is 3.96. The number of nitrogens with one attached hydrogen (secondary N) is 2. The van der Waals surface area contributed by atoms with E-state index < -0.39 is 18.6 Å². The molecule has 4 rings (SSSR count). The maximum absolute atomic E-state index is 11.3. The first-order valence-electron chi connectivity index (χ1n) is 12.6. The van der Waals surface area contributed by atoms with Crippen LogP contribution < -0.4 is 10.1 Å². The molecule has 0 saturated carbocycles. The highest BCUT2D eigenvalue weighted by molar-refractivity contribution is 6.31. The van der Waals surface area contributed by atoms with Crippen LogP contribution in [0.1, 0.15) is 43.1 Å². The molecule has 1 aromatic heterocycles. The highest BCUT2D eigenvalue weighted by atomic mass is 35.5. The van der Waals surface area contributed by atoms with E-state index in [1.165, 1.54) is 5.56 Å². The number of hydrogen-bond donors (Lipinski definition) is 4. The third kappa shape index (κ3) is 6.55. The number of fused-ring (bicyclic) bond motifs is 3. The number of aliphatic hydroxyl groups is 2. The Hall–Kier alpha value is -2.82. The summed E-state index contributed by atoms with van der Waals surface area (Å²) in [6.45, 7) is 5.25. The zero-order chi connectivity index (χ0) is 26.4. The highest BCUT2D eigenvalue weighted by Gasteiger charge is 2.35. The third-order valence-corrected chi connectivity index (χ3v) is 6.63. The highest BCUT2D eigenvalue weighted by Crippen LogP contribution is 2.40. The number of carbonyl (C=O) groups is 1. The molecule has 2 aromatic carbocycles. The number of carbonyl (C=O) groups excluding carboxylic acids is 1. The van der Waals surface area contributed by atoms with Crippen LogP contribution in [0.25, 0.3) is 10.9 Å². The van der Waals surface area contributed by atoms with Crippen LogP contribution in [0, 0.1) is 0 Å². The van der Waals surface area contributed by atoms with Gasteiger partial charge in [-0.1, -0.05) is 23.7 Å². The predicted molar refractivity (Wildman–Crippen MR) is 141 cm³/mol. The van der Waals surface area contributed by atoms with Crippen molar-refractivity contribution in [3.8, 4) is 5.75 Å². The molecular weight excluding hydrogens is 498 g/mol. The van der Waals surface area contributed by atoms with Gasteiger partial charge in [-0.2, -0.15) is 0 Å². The van der Waals surface area contributed by atoms with Crippen molar-refractivity contribution in [3.63, 3.8) is 0 Å². The number of amides is 1. The smallest absolute Gasteiger partial charge is 0.407 e. The van der Waals surface area contributed by atoms with Crippen LogP contribution >= 0.6 is 11.6 Å². The van der Waals surface area contributed by atoms with Crippen LogP contribution in [-0.4, -0.2) is 71.6 Å². The molecule has 0 radical (unpaired) electrons. The van der Waals surface area contributed by atoms with Crippen molar-refractivity contribution >= 4 is 28.6 Å². The number of aromatic nitrogens is 1. The fraction of sp³-hybridized carbons (Fsp3) is 0.444. The van der Waals surface area contributed by atoms with E-state index in [-0.39, 0.29) is 25.8 Å². The van der Waals surface area contributed by atoms with E-state index in [2.05, 4.69) is 10.3 Å². The van der Waals surface area contributed by atoms with E-state index >= 15 is 0 Å². The molecule has 200 valence electrons. The monoisotopic (exact) mass is 531 g/mol. The number of hydrogen-bond acceptors (Lipinski definition) is 7. The third-order valence-electron chi connectivity index (χ3n) is 6.40. The lowest BCUT2D eigenvalue weighted by Crippen LogP contribution is -2.44. The zero-order valence-electron chi connectivity index (χ0n) is 21.1. The molecule has 37 heavy (non-hydrogen) atoms. The fourth-order valence-corrected chi connectivity index (χ4v) is 4.84. The summed E-state index contributed by atoms with van der Waals surface area (Å²) in [6, 6.07) is 13.3. The first-order chi connectivity index (χ1) is 17.9. The van der Waals surface area contributed by atoms with E-state index in [1.54, 1.807) is 6.92 Å². The Bertz CT molecular complexity index is 1180. The average Bonchev–Trinajstić information content (AvgIpc) is 3.25. The minimum atomic E-state index is -1.04. The number of aliphatic hydroxyl groups excluding tert-OH is 2. The first kappa shape index (κ1) is 27.2. The molecule has 3 atom stereocenters. The van der Waals surface area contributed by atoms with Gasteiger partial charge in [0.2, 0.25) is 6.41 Å². The molecule has 1 aliphatic heterocycles. The number of benzene rings is 2. The molecule has 3 unspecified atom stereocenters. The van der Waals surface area contributed by atoms with E-state index in [4.69, 9.17) is 25.8 Å². The molecule has 10 heteroatoms. The van der Waals surface area contributed by atoms with Crippen LogP contribution in [0.2, 0.25) is 5.02 Å². The van der Waals surface area contributed by atoms with Crippen LogP contribution in [0.15, 0.2) is 42.5 Å². The lowest BCUT2D eigenvalue weighted by Gasteiger charge is -2.38. The summed E-state index contributed by atoms with van der Waals surface area (Å²) >= 11 is 6.28. The van der Waals surface area contributed by atoms with Crippen LogP contribution in [0.4, 0.5) is 4.79 Å². The molecule has 0 aliphatic carbocycles. The molecule has 9 nitrogen and oxygen atoms in total. The topological polar surface area (TPSA) is 116 Å². The second kappa shape index (κ2) is 12.6. The quantitative estimate of drug-likeness (QED) is 0.277. The number of nitrogens with zero attached hydrogens (tertiary/aromatic N) is 1. The molecule has 0 spiro atoms. The van der Waals surface area contributed by atoms with Crippen LogP contribution in [-0.2, 0) is 15.9 Å². The summed E-state index contributed by atoms with van der Waals surface area (Å²) in [6.07, 6.45) is -1.23. The molecule has 2 heterocycles. The zero-order valence-corrected chi connectivity index (χ0v) is 21.8. The Labute approximate surface area is 221 Å². The van der Waals surface area contributed by atoms with Crippen molar-refractivity contribution in [2.45, 2.75) is 45.2 Å². The molecule has 1 aliphatic rings. The van der Waals surface area contributed by atoms with Crippen molar-refractivity contribution in [1.29, 1.82) is 0 Å². The minimum absolute atomic E-state index is 0.0961.